The third-order valence-corrected chi connectivity index (χ3v) is 4.84. The molecular weight excluding hydrogens is 334 g/mol. The second-order valence-electron chi connectivity index (χ2n) is 5.34. The van der Waals surface area contributed by atoms with Crippen molar-refractivity contribution in [2.24, 2.45) is 0 Å². The van der Waals surface area contributed by atoms with Gasteiger partial charge in [-0.2, -0.15) is 0 Å². The van der Waals surface area contributed by atoms with Crippen molar-refractivity contribution in [1.29, 1.82) is 0 Å². The van der Waals surface area contributed by atoms with E-state index in [4.69, 9.17) is 11.6 Å². The zero-order valence-corrected chi connectivity index (χ0v) is 13.7. The van der Waals surface area contributed by atoms with Crippen LogP contribution in [-0.2, 0) is 6.42 Å². The van der Waals surface area contributed by atoms with Gasteiger partial charge < -0.3 is 5.32 Å². The van der Waals surface area contributed by atoms with Gasteiger partial charge in [-0.1, -0.05) is 51.8 Å². The molecule has 1 aliphatic carbocycles. The Hall–Kier alpha value is -0.830. The highest BCUT2D eigenvalue weighted by Crippen LogP contribution is 2.35. The summed E-state index contributed by atoms with van der Waals surface area (Å²) in [5.74, 6) is 0. The molecular formula is C17H17BrClN. The summed E-state index contributed by atoms with van der Waals surface area (Å²) in [6, 6.07) is 15.3. The van der Waals surface area contributed by atoms with E-state index in [0.717, 1.165) is 22.3 Å². The number of rotatable bonds is 3. The molecule has 1 aliphatic rings. The summed E-state index contributed by atoms with van der Waals surface area (Å²) in [4.78, 5) is 0. The number of aryl methyl sites for hydroxylation is 1. The summed E-state index contributed by atoms with van der Waals surface area (Å²) in [5, 5.41) is 4.55. The van der Waals surface area contributed by atoms with Crippen LogP contribution in [0.4, 0.5) is 0 Å². The molecule has 2 aromatic rings. The van der Waals surface area contributed by atoms with Crippen LogP contribution < -0.4 is 5.32 Å². The quantitative estimate of drug-likeness (QED) is 0.777. The number of hydrogen-bond donors (Lipinski definition) is 1. The first-order valence-electron chi connectivity index (χ1n) is 6.94. The van der Waals surface area contributed by atoms with Crippen molar-refractivity contribution in [3.05, 3.63) is 68.7 Å². The molecule has 20 heavy (non-hydrogen) atoms. The Morgan fingerprint density at radius 2 is 2.05 bits per heavy atom. The molecule has 104 valence electrons. The van der Waals surface area contributed by atoms with E-state index in [9.17, 15) is 0 Å². The Bertz CT molecular complexity index is 626. The van der Waals surface area contributed by atoms with Gasteiger partial charge in [-0.15, -0.1) is 0 Å². The van der Waals surface area contributed by atoms with Crippen molar-refractivity contribution in [1.82, 2.24) is 5.32 Å². The van der Waals surface area contributed by atoms with Gasteiger partial charge in [0, 0.05) is 21.6 Å². The predicted octanol–water partition coefficient (Wildman–Crippen LogP) is 5.44. The number of hydrogen-bond acceptors (Lipinski definition) is 1. The lowest BCUT2D eigenvalue weighted by Gasteiger charge is -2.21. The van der Waals surface area contributed by atoms with E-state index in [2.05, 4.69) is 52.4 Å². The molecule has 2 aromatic carbocycles. The molecule has 0 amide bonds. The van der Waals surface area contributed by atoms with E-state index in [1.807, 2.05) is 18.2 Å². The lowest BCUT2D eigenvalue weighted by atomic mass is 10.0. The minimum Gasteiger partial charge on any atom is -0.303 e. The van der Waals surface area contributed by atoms with Gasteiger partial charge in [0.15, 0.2) is 0 Å². The van der Waals surface area contributed by atoms with E-state index in [1.165, 1.54) is 16.7 Å². The van der Waals surface area contributed by atoms with Crippen molar-refractivity contribution in [3.63, 3.8) is 0 Å². The van der Waals surface area contributed by atoms with Gasteiger partial charge in [-0.05, 0) is 54.7 Å². The molecule has 0 heterocycles. The van der Waals surface area contributed by atoms with E-state index < -0.39 is 0 Å². The molecule has 0 radical (unpaired) electrons. The number of nitrogens with one attached hydrogen (secondary N) is 1. The lowest BCUT2D eigenvalue weighted by molar-refractivity contribution is 0.465. The second-order valence-corrected chi connectivity index (χ2v) is 6.67. The molecule has 3 rings (SSSR count). The highest BCUT2D eigenvalue weighted by atomic mass is 79.9. The van der Waals surface area contributed by atoms with Crippen LogP contribution in [-0.4, -0.2) is 0 Å². The molecule has 0 aromatic heterocycles. The van der Waals surface area contributed by atoms with Crippen LogP contribution in [0.15, 0.2) is 46.9 Å². The highest BCUT2D eigenvalue weighted by molar-refractivity contribution is 9.10. The molecule has 0 saturated heterocycles. The first-order valence-corrected chi connectivity index (χ1v) is 8.11. The minimum atomic E-state index is 0.253. The number of benzene rings is 2. The molecule has 2 atom stereocenters. The Labute approximate surface area is 133 Å². The molecule has 0 spiro atoms. The maximum Gasteiger partial charge on any atom is 0.0453 e. The van der Waals surface area contributed by atoms with Gasteiger partial charge >= 0.3 is 0 Å². The third-order valence-electron chi connectivity index (χ3n) is 4.01. The highest BCUT2D eigenvalue weighted by Gasteiger charge is 2.24. The topological polar surface area (TPSA) is 12.0 Å². The molecule has 0 bridgehead atoms. The number of halogens is 2. The van der Waals surface area contributed by atoms with Crippen LogP contribution in [0.3, 0.4) is 0 Å². The lowest BCUT2D eigenvalue weighted by Crippen LogP contribution is -2.23. The van der Waals surface area contributed by atoms with Crippen LogP contribution in [0.2, 0.25) is 5.02 Å². The second kappa shape index (κ2) is 5.88. The normalized spacial score (nSPS) is 18.9. The summed E-state index contributed by atoms with van der Waals surface area (Å²) in [7, 11) is 0. The fraction of sp³-hybridized carbons (Fsp3) is 0.294. The first-order chi connectivity index (χ1) is 9.65. The fourth-order valence-corrected chi connectivity index (χ4v) is 3.68. The van der Waals surface area contributed by atoms with Crippen LogP contribution in [0.1, 0.15) is 42.1 Å². The summed E-state index contributed by atoms with van der Waals surface area (Å²) >= 11 is 9.82. The van der Waals surface area contributed by atoms with Crippen molar-refractivity contribution < 1.29 is 0 Å². The van der Waals surface area contributed by atoms with Gasteiger partial charge in [-0.25, -0.2) is 0 Å². The van der Waals surface area contributed by atoms with Crippen molar-refractivity contribution in [3.8, 4) is 0 Å². The predicted molar refractivity (Wildman–Crippen MR) is 88.2 cm³/mol. The van der Waals surface area contributed by atoms with Crippen LogP contribution >= 0.6 is 27.5 Å². The Balaban J connectivity index is 1.79. The summed E-state index contributed by atoms with van der Waals surface area (Å²) in [5.41, 5.74) is 4.04. The monoisotopic (exact) mass is 349 g/mol. The van der Waals surface area contributed by atoms with Crippen molar-refractivity contribution >= 4 is 27.5 Å². The van der Waals surface area contributed by atoms with Gasteiger partial charge in [0.25, 0.3) is 0 Å². The van der Waals surface area contributed by atoms with Crippen LogP contribution in [0.25, 0.3) is 0 Å². The third kappa shape index (κ3) is 2.78. The summed E-state index contributed by atoms with van der Waals surface area (Å²) < 4.78 is 1.16. The average Bonchev–Trinajstić information content (AvgIpc) is 2.81. The Morgan fingerprint density at radius 3 is 2.85 bits per heavy atom. The van der Waals surface area contributed by atoms with E-state index in [0.29, 0.717) is 6.04 Å². The molecule has 0 fully saturated rings. The fourth-order valence-electron chi connectivity index (χ4n) is 2.98. The molecule has 0 saturated carbocycles. The van der Waals surface area contributed by atoms with Gasteiger partial charge in [0.1, 0.15) is 0 Å². The largest absolute Gasteiger partial charge is 0.303 e. The van der Waals surface area contributed by atoms with E-state index >= 15 is 0 Å². The van der Waals surface area contributed by atoms with E-state index in [1.54, 1.807) is 0 Å². The molecule has 0 aliphatic heterocycles. The van der Waals surface area contributed by atoms with Gasteiger partial charge in [0.05, 0.1) is 0 Å². The average molecular weight is 351 g/mol. The van der Waals surface area contributed by atoms with Crippen molar-refractivity contribution in [2.75, 3.05) is 0 Å². The standard InChI is InChI=1S/C17H17BrClN/c1-11(14-4-2-3-5-16(14)19)20-17-9-6-12-10-13(18)7-8-15(12)17/h2-5,7-8,10-11,17,20H,6,9H2,1H3/t11-,17?/m1/s1. The first kappa shape index (κ1) is 14.1. The van der Waals surface area contributed by atoms with Crippen LogP contribution in [0.5, 0.6) is 0 Å². The maximum absolute atomic E-state index is 6.28. The zero-order chi connectivity index (χ0) is 14.1. The maximum atomic E-state index is 6.28. The smallest absolute Gasteiger partial charge is 0.0453 e. The SMILES string of the molecule is C[C@@H](NC1CCc2cc(Br)ccc21)c1ccccc1Cl. The van der Waals surface area contributed by atoms with Gasteiger partial charge in [-0.3, -0.25) is 0 Å². The van der Waals surface area contributed by atoms with Crippen LogP contribution in [0, 0.1) is 0 Å². The minimum absolute atomic E-state index is 0.253. The summed E-state index contributed by atoms with van der Waals surface area (Å²) in [6.07, 6.45) is 2.29. The molecule has 1 nitrogen and oxygen atoms in total. The Morgan fingerprint density at radius 1 is 1.25 bits per heavy atom. The number of fused-ring (bicyclic) bond motifs is 1. The van der Waals surface area contributed by atoms with E-state index in [-0.39, 0.29) is 6.04 Å². The molecule has 3 heteroatoms. The van der Waals surface area contributed by atoms with Gasteiger partial charge in [0.2, 0.25) is 0 Å². The zero-order valence-electron chi connectivity index (χ0n) is 11.4. The Kier molecular flexibility index (Phi) is 4.16. The molecule has 1 unspecified atom stereocenters. The summed E-state index contributed by atoms with van der Waals surface area (Å²) in [6.45, 7) is 2.18. The van der Waals surface area contributed by atoms with Crippen molar-refractivity contribution in [2.45, 2.75) is 31.8 Å². The molecule has 1 N–H and O–H groups in total.